The van der Waals surface area contributed by atoms with Gasteiger partial charge < -0.3 is 11.1 Å². The quantitative estimate of drug-likeness (QED) is 0.889. The van der Waals surface area contributed by atoms with Crippen molar-refractivity contribution in [2.45, 2.75) is 19.4 Å². The van der Waals surface area contributed by atoms with Gasteiger partial charge in [0.2, 0.25) is 5.91 Å². The number of benzene rings is 2. The van der Waals surface area contributed by atoms with Crippen LogP contribution < -0.4 is 11.1 Å². The lowest BCUT2D eigenvalue weighted by molar-refractivity contribution is -0.122. The van der Waals surface area contributed by atoms with Gasteiger partial charge in [-0.05, 0) is 49.2 Å². The van der Waals surface area contributed by atoms with Crippen LogP contribution in [0.4, 0.5) is 5.69 Å². The van der Waals surface area contributed by atoms with Crippen molar-refractivity contribution < 1.29 is 4.79 Å². The number of nitrogens with one attached hydrogen (secondary N) is 1. The Kier molecular flexibility index (Phi) is 4.45. The molecule has 2 rings (SSSR count). The first-order valence-electron chi connectivity index (χ1n) is 6.43. The molecule has 110 valence electrons. The number of aryl methyl sites for hydroxylation is 1. The Bertz CT molecular complexity index is 688. The minimum atomic E-state index is -1.08. The fourth-order valence-corrected chi connectivity index (χ4v) is 2.39. The molecule has 0 aliphatic heterocycles. The van der Waals surface area contributed by atoms with E-state index in [0.29, 0.717) is 15.6 Å². The van der Waals surface area contributed by atoms with Crippen molar-refractivity contribution in [1.82, 2.24) is 0 Å². The lowest BCUT2D eigenvalue weighted by atomic mass is 9.90. The molecule has 0 saturated carbocycles. The van der Waals surface area contributed by atoms with Gasteiger partial charge in [0, 0.05) is 5.69 Å². The summed E-state index contributed by atoms with van der Waals surface area (Å²) >= 11 is 12.0. The molecular weight excluding hydrogens is 307 g/mol. The normalized spacial score (nSPS) is 13.5. The number of halogens is 2. The van der Waals surface area contributed by atoms with Gasteiger partial charge in [-0.25, -0.2) is 0 Å². The number of rotatable bonds is 4. The van der Waals surface area contributed by atoms with E-state index in [1.54, 1.807) is 25.1 Å². The molecule has 5 heteroatoms. The zero-order valence-corrected chi connectivity index (χ0v) is 13.3. The largest absolute Gasteiger partial charge is 0.368 e. The fraction of sp³-hybridized carbons (Fsp3) is 0.188. The van der Waals surface area contributed by atoms with Crippen molar-refractivity contribution in [2.75, 3.05) is 5.32 Å². The molecule has 1 unspecified atom stereocenters. The molecule has 0 spiro atoms. The van der Waals surface area contributed by atoms with Crippen LogP contribution in [0.2, 0.25) is 10.0 Å². The minimum Gasteiger partial charge on any atom is -0.368 e. The number of primary amides is 1. The number of hydrogen-bond acceptors (Lipinski definition) is 2. The Morgan fingerprint density at radius 3 is 2.43 bits per heavy atom. The highest BCUT2D eigenvalue weighted by Crippen LogP contribution is 2.31. The summed E-state index contributed by atoms with van der Waals surface area (Å²) in [5.74, 6) is -0.498. The van der Waals surface area contributed by atoms with Gasteiger partial charge in [-0.1, -0.05) is 41.4 Å². The molecule has 0 aromatic heterocycles. The highest BCUT2D eigenvalue weighted by Gasteiger charge is 2.33. The topological polar surface area (TPSA) is 55.1 Å². The standard InChI is InChI=1S/C16H16Cl2N2O/c1-10-4-3-5-12(8-10)20-16(2,15(19)21)11-6-7-13(17)14(18)9-11/h3-9,20H,1-2H3,(H2,19,21). The monoisotopic (exact) mass is 322 g/mol. The van der Waals surface area contributed by atoms with E-state index in [4.69, 9.17) is 28.9 Å². The van der Waals surface area contributed by atoms with Crippen LogP contribution in [0.3, 0.4) is 0 Å². The van der Waals surface area contributed by atoms with Crippen LogP contribution in [0.5, 0.6) is 0 Å². The van der Waals surface area contributed by atoms with Crippen molar-refractivity contribution >= 4 is 34.8 Å². The molecule has 3 N–H and O–H groups in total. The lowest BCUT2D eigenvalue weighted by Gasteiger charge is -2.29. The predicted octanol–water partition coefficient (Wildman–Crippen LogP) is 4.11. The van der Waals surface area contributed by atoms with E-state index in [9.17, 15) is 4.79 Å². The van der Waals surface area contributed by atoms with E-state index in [0.717, 1.165) is 11.3 Å². The third-order valence-corrected chi connectivity index (χ3v) is 4.14. The first kappa shape index (κ1) is 15.7. The van der Waals surface area contributed by atoms with Gasteiger partial charge in [0.05, 0.1) is 10.0 Å². The molecule has 0 aliphatic carbocycles. The number of carbonyl (C=O) groups excluding carboxylic acids is 1. The van der Waals surface area contributed by atoms with Gasteiger partial charge in [-0.2, -0.15) is 0 Å². The molecule has 2 aromatic rings. The third kappa shape index (κ3) is 3.31. The summed E-state index contributed by atoms with van der Waals surface area (Å²) in [5.41, 5.74) is 7.07. The van der Waals surface area contributed by atoms with Crippen LogP contribution in [-0.2, 0) is 10.3 Å². The lowest BCUT2D eigenvalue weighted by Crippen LogP contribution is -2.45. The Morgan fingerprint density at radius 1 is 1.14 bits per heavy atom. The Morgan fingerprint density at radius 2 is 1.86 bits per heavy atom. The highest BCUT2D eigenvalue weighted by molar-refractivity contribution is 6.42. The van der Waals surface area contributed by atoms with Crippen molar-refractivity contribution in [3.8, 4) is 0 Å². The van der Waals surface area contributed by atoms with Crippen molar-refractivity contribution in [3.63, 3.8) is 0 Å². The van der Waals surface area contributed by atoms with Gasteiger partial charge >= 0.3 is 0 Å². The van der Waals surface area contributed by atoms with Crippen LogP contribution in [0.1, 0.15) is 18.1 Å². The fourth-order valence-electron chi connectivity index (χ4n) is 2.09. The summed E-state index contributed by atoms with van der Waals surface area (Å²) in [6.07, 6.45) is 0. The van der Waals surface area contributed by atoms with Crippen molar-refractivity contribution in [2.24, 2.45) is 5.73 Å². The van der Waals surface area contributed by atoms with Crippen LogP contribution in [-0.4, -0.2) is 5.91 Å². The molecule has 0 bridgehead atoms. The minimum absolute atomic E-state index is 0.382. The Labute approximate surface area is 134 Å². The summed E-state index contributed by atoms with van der Waals surface area (Å²) in [7, 11) is 0. The Hall–Kier alpha value is -1.71. The number of anilines is 1. The molecule has 3 nitrogen and oxygen atoms in total. The molecular formula is C16H16Cl2N2O. The van der Waals surface area contributed by atoms with E-state index < -0.39 is 11.4 Å². The average molecular weight is 323 g/mol. The highest BCUT2D eigenvalue weighted by atomic mass is 35.5. The maximum atomic E-state index is 12.0. The smallest absolute Gasteiger partial charge is 0.247 e. The van der Waals surface area contributed by atoms with E-state index >= 15 is 0 Å². The zero-order valence-electron chi connectivity index (χ0n) is 11.8. The molecule has 2 aromatic carbocycles. The number of amides is 1. The van der Waals surface area contributed by atoms with Gasteiger partial charge in [-0.15, -0.1) is 0 Å². The number of hydrogen-bond donors (Lipinski definition) is 2. The second-order valence-electron chi connectivity index (χ2n) is 5.11. The summed E-state index contributed by atoms with van der Waals surface area (Å²) in [5, 5.41) is 4.00. The first-order valence-corrected chi connectivity index (χ1v) is 7.19. The Balaban J connectivity index is 2.45. The van der Waals surface area contributed by atoms with E-state index in [1.165, 1.54) is 0 Å². The number of carbonyl (C=O) groups is 1. The predicted molar refractivity (Wildman–Crippen MR) is 87.8 cm³/mol. The van der Waals surface area contributed by atoms with Crippen molar-refractivity contribution in [3.05, 3.63) is 63.6 Å². The zero-order chi connectivity index (χ0) is 15.6. The van der Waals surface area contributed by atoms with Crippen LogP contribution in [0, 0.1) is 6.92 Å². The summed E-state index contributed by atoms with van der Waals surface area (Å²) in [6.45, 7) is 3.70. The van der Waals surface area contributed by atoms with Gasteiger partial charge in [0.1, 0.15) is 5.54 Å². The summed E-state index contributed by atoms with van der Waals surface area (Å²) in [4.78, 5) is 12.0. The molecule has 0 heterocycles. The molecule has 21 heavy (non-hydrogen) atoms. The van der Waals surface area contributed by atoms with Crippen LogP contribution >= 0.6 is 23.2 Å². The molecule has 0 fully saturated rings. The maximum absolute atomic E-state index is 12.0. The molecule has 1 atom stereocenters. The van der Waals surface area contributed by atoms with Crippen molar-refractivity contribution in [1.29, 1.82) is 0 Å². The molecule has 0 aliphatic rings. The first-order chi connectivity index (χ1) is 9.83. The van der Waals surface area contributed by atoms with Gasteiger partial charge in [-0.3, -0.25) is 4.79 Å². The van der Waals surface area contributed by atoms with Crippen LogP contribution in [0.25, 0.3) is 0 Å². The van der Waals surface area contributed by atoms with E-state index in [-0.39, 0.29) is 0 Å². The second-order valence-corrected chi connectivity index (χ2v) is 5.93. The van der Waals surface area contributed by atoms with E-state index in [2.05, 4.69) is 5.32 Å². The van der Waals surface area contributed by atoms with Gasteiger partial charge in [0.15, 0.2) is 0 Å². The molecule has 1 amide bonds. The van der Waals surface area contributed by atoms with E-state index in [1.807, 2.05) is 31.2 Å². The summed E-state index contributed by atoms with van der Waals surface area (Å²) in [6, 6.07) is 12.8. The van der Waals surface area contributed by atoms with Crippen LogP contribution in [0.15, 0.2) is 42.5 Å². The average Bonchev–Trinajstić information content (AvgIpc) is 2.41. The third-order valence-electron chi connectivity index (χ3n) is 3.40. The van der Waals surface area contributed by atoms with Gasteiger partial charge in [0.25, 0.3) is 0 Å². The number of nitrogens with two attached hydrogens (primary N) is 1. The SMILES string of the molecule is Cc1cccc(NC(C)(C(N)=O)c2ccc(Cl)c(Cl)c2)c1. The maximum Gasteiger partial charge on any atom is 0.247 e. The molecule has 0 saturated heterocycles. The second kappa shape index (κ2) is 5.96. The molecule has 0 radical (unpaired) electrons. The summed E-state index contributed by atoms with van der Waals surface area (Å²) < 4.78 is 0.